The van der Waals surface area contributed by atoms with Crippen LogP contribution in [0.1, 0.15) is 46.4 Å². The van der Waals surface area contributed by atoms with Gasteiger partial charge in [0, 0.05) is 61.4 Å². The van der Waals surface area contributed by atoms with Crippen molar-refractivity contribution in [1.82, 2.24) is 14.9 Å². The standard InChI is InChI=1S/C30H31FN8O2S2/c1-37(12-18-5-2-3-6-22(18)40)26-21(11-33)27(36-28(35-26)41-17-29-7-4-8-39(29)13-19(31)9-29)38-15-30(16-38)24-20(10-32)25(34)43-23(24)14-42-30/h2-3,5-6,19,40H,4,7-9,12-17,34H2,1H3/t19-,29+/m1/s1. The van der Waals surface area contributed by atoms with Gasteiger partial charge in [-0.2, -0.15) is 20.5 Å². The number of benzene rings is 1. The van der Waals surface area contributed by atoms with Crippen LogP contribution in [0, 0.1) is 22.7 Å². The van der Waals surface area contributed by atoms with Gasteiger partial charge in [-0.1, -0.05) is 18.2 Å². The number of ether oxygens (including phenoxy) is 1. The number of thioether (sulfide) groups is 1. The molecule has 222 valence electrons. The summed E-state index contributed by atoms with van der Waals surface area (Å²) in [5.74, 6) is 1.80. The average molecular weight is 619 g/mol. The molecule has 1 spiro atoms. The number of nitriles is 2. The number of alkyl halides is 1. The molecule has 3 aromatic rings. The Bertz CT molecular complexity index is 1680. The van der Waals surface area contributed by atoms with E-state index in [0.717, 1.165) is 35.6 Å². The van der Waals surface area contributed by atoms with Crippen LogP contribution in [-0.2, 0) is 17.0 Å². The van der Waals surface area contributed by atoms with E-state index in [0.29, 0.717) is 65.9 Å². The number of aromatic hydroxyl groups is 1. The Balaban J connectivity index is 1.22. The molecule has 0 unspecified atom stereocenters. The lowest BCUT2D eigenvalue weighted by molar-refractivity contribution is 0.107. The summed E-state index contributed by atoms with van der Waals surface area (Å²) in [5.41, 5.74) is 8.37. The molecular weight excluding hydrogens is 588 g/mol. The molecule has 4 aliphatic rings. The molecule has 0 bridgehead atoms. The van der Waals surface area contributed by atoms with E-state index in [1.807, 2.05) is 29.0 Å². The summed E-state index contributed by atoms with van der Waals surface area (Å²) in [6, 6.07) is 11.8. The van der Waals surface area contributed by atoms with Crippen LogP contribution in [0.25, 0.3) is 0 Å². The van der Waals surface area contributed by atoms with Crippen LogP contribution >= 0.6 is 23.1 Å². The van der Waals surface area contributed by atoms with Crippen LogP contribution in [0.3, 0.4) is 0 Å². The first-order valence-corrected chi connectivity index (χ1v) is 16.1. The molecule has 0 amide bonds. The summed E-state index contributed by atoms with van der Waals surface area (Å²) in [6.45, 7) is 2.97. The number of phenolic OH excluding ortho intramolecular Hbond substituents is 1. The van der Waals surface area contributed by atoms with E-state index in [4.69, 9.17) is 20.4 Å². The first-order valence-electron chi connectivity index (χ1n) is 14.3. The second-order valence-corrected chi connectivity index (χ2v) is 14.4. The van der Waals surface area contributed by atoms with Gasteiger partial charge >= 0.3 is 6.01 Å². The Morgan fingerprint density at radius 1 is 1.23 bits per heavy atom. The summed E-state index contributed by atoms with van der Waals surface area (Å²) in [7, 11) is 1.81. The molecule has 3 N–H and O–H groups in total. The van der Waals surface area contributed by atoms with Crippen molar-refractivity contribution < 1.29 is 14.2 Å². The molecular formula is C30H31FN8O2S2. The van der Waals surface area contributed by atoms with Gasteiger partial charge in [-0.3, -0.25) is 4.90 Å². The van der Waals surface area contributed by atoms with E-state index >= 15 is 0 Å². The predicted octanol–water partition coefficient (Wildman–Crippen LogP) is 4.12. The molecule has 10 nitrogen and oxygen atoms in total. The number of nitrogen functional groups attached to an aromatic ring is 1. The summed E-state index contributed by atoms with van der Waals surface area (Å²) >= 11 is 3.28. The Morgan fingerprint density at radius 3 is 2.79 bits per heavy atom. The van der Waals surface area contributed by atoms with Crippen LogP contribution in [0.2, 0.25) is 0 Å². The normalized spacial score (nSPS) is 23.4. The third kappa shape index (κ3) is 4.53. The number of hydrogen-bond acceptors (Lipinski definition) is 12. The van der Waals surface area contributed by atoms with Crippen molar-refractivity contribution in [3.8, 4) is 23.9 Å². The number of phenols is 1. The number of nitrogens with two attached hydrogens (primary N) is 1. The van der Waals surface area contributed by atoms with Crippen molar-refractivity contribution in [2.24, 2.45) is 0 Å². The maximum Gasteiger partial charge on any atom is 0.320 e. The zero-order valence-corrected chi connectivity index (χ0v) is 25.3. The van der Waals surface area contributed by atoms with Crippen LogP contribution in [0.15, 0.2) is 24.3 Å². The van der Waals surface area contributed by atoms with Gasteiger partial charge in [-0.05, 0) is 25.5 Å². The molecule has 3 saturated heterocycles. The summed E-state index contributed by atoms with van der Waals surface area (Å²) in [5, 5.41) is 31.2. The number of halogens is 1. The lowest BCUT2D eigenvalue weighted by Crippen LogP contribution is -2.57. The van der Waals surface area contributed by atoms with Gasteiger partial charge in [0.15, 0.2) is 11.6 Å². The topological polar surface area (TPSA) is 139 Å². The van der Waals surface area contributed by atoms with Crippen molar-refractivity contribution in [1.29, 1.82) is 10.5 Å². The van der Waals surface area contributed by atoms with E-state index < -0.39 is 6.17 Å². The maximum absolute atomic E-state index is 14.4. The number of fused-ring (bicyclic) bond motifs is 3. The molecule has 2 atom stereocenters. The quantitative estimate of drug-likeness (QED) is 0.395. The molecule has 2 aromatic heterocycles. The highest BCUT2D eigenvalue weighted by Gasteiger charge is 2.53. The number of rotatable bonds is 7. The fourth-order valence-corrected chi connectivity index (χ4v) is 9.95. The van der Waals surface area contributed by atoms with Crippen molar-refractivity contribution in [3.05, 3.63) is 51.4 Å². The zero-order valence-electron chi connectivity index (χ0n) is 23.7. The van der Waals surface area contributed by atoms with Crippen LogP contribution in [0.5, 0.6) is 11.8 Å². The second kappa shape index (κ2) is 10.4. The van der Waals surface area contributed by atoms with Gasteiger partial charge in [0.05, 0.1) is 15.8 Å². The van der Waals surface area contributed by atoms with E-state index in [1.165, 1.54) is 11.3 Å². The molecule has 4 aliphatic heterocycles. The van der Waals surface area contributed by atoms with E-state index in [-0.39, 0.29) is 28.7 Å². The highest BCUT2D eigenvalue weighted by atomic mass is 32.2. The molecule has 1 aromatic carbocycles. The van der Waals surface area contributed by atoms with Crippen LogP contribution < -0.4 is 20.3 Å². The Labute approximate surface area is 257 Å². The highest BCUT2D eigenvalue weighted by molar-refractivity contribution is 8.00. The summed E-state index contributed by atoms with van der Waals surface area (Å²) in [6.07, 6.45) is 1.40. The fourth-order valence-electron chi connectivity index (χ4n) is 7.15. The van der Waals surface area contributed by atoms with Crippen LogP contribution in [-0.4, -0.2) is 71.5 Å². The van der Waals surface area contributed by atoms with Crippen LogP contribution in [0.4, 0.5) is 21.0 Å². The fraction of sp³-hybridized carbons (Fsp3) is 0.467. The third-order valence-electron chi connectivity index (χ3n) is 9.20. The summed E-state index contributed by atoms with van der Waals surface area (Å²) in [4.78, 5) is 16.6. The van der Waals surface area contributed by atoms with Crippen molar-refractivity contribution in [2.75, 3.05) is 55.4 Å². The molecule has 0 saturated carbocycles. The Morgan fingerprint density at radius 2 is 2.02 bits per heavy atom. The lowest BCUT2D eigenvalue weighted by Gasteiger charge is -2.48. The Hall–Kier alpha value is -3.78. The molecule has 3 fully saturated rings. The maximum atomic E-state index is 14.4. The molecule has 0 aliphatic carbocycles. The van der Waals surface area contributed by atoms with Crippen molar-refractivity contribution >= 4 is 39.7 Å². The zero-order chi connectivity index (χ0) is 29.9. The van der Waals surface area contributed by atoms with Crippen molar-refractivity contribution in [2.45, 2.75) is 48.0 Å². The number of aromatic nitrogens is 2. The first kappa shape index (κ1) is 28.0. The van der Waals surface area contributed by atoms with Gasteiger partial charge in [-0.15, -0.1) is 23.1 Å². The monoisotopic (exact) mass is 618 g/mol. The van der Waals surface area contributed by atoms with Gasteiger partial charge < -0.3 is 25.4 Å². The second-order valence-electron chi connectivity index (χ2n) is 11.9. The Kier molecular flexibility index (Phi) is 6.80. The van der Waals surface area contributed by atoms with Gasteiger partial charge in [0.25, 0.3) is 0 Å². The molecule has 7 rings (SSSR count). The number of para-hydroxylation sites is 1. The number of hydrogen-bond donors (Lipinski definition) is 2. The van der Waals surface area contributed by atoms with Crippen molar-refractivity contribution in [3.63, 3.8) is 0 Å². The number of anilines is 3. The van der Waals surface area contributed by atoms with Gasteiger partial charge in [-0.25, -0.2) is 4.39 Å². The van der Waals surface area contributed by atoms with E-state index in [9.17, 15) is 20.0 Å². The smallest absolute Gasteiger partial charge is 0.320 e. The molecule has 43 heavy (non-hydrogen) atoms. The minimum Gasteiger partial charge on any atom is -0.508 e. The predicted molar refractivity (Wildman–Crippen MR) is 164 cm³/mol. The number of thiophene rings is 1. The summed E-state index contributed by atoms with van der Waals surface area (Å²) < 4.78 is 20.4. The van der Waals surface area contributed by atoms with Gasteiger partial charge in [0.1, 0.15) is 41.2 Å². The molecule has 6 heterocycles. The number of nitrogens with zero attached hydrogens (tertiary/aromatic N) is 7. The van der Waals surface area contributed by atoms with E-state index in [1.54, 1.807) is 23.9 Å². The average Bonchev–Trinajstić information content (AvgIpc) is 3.69. The minimum atomic E-state index is -0.878. The van der Waals surface area contributed by atoms with E-state index in [2.05, 4.69) is 17.0 Å². The SMILES string of the molecule is CN(Cc1ccccc1O)c1nc(OC[C@@]23CCCN2C[C@H](F)C3)nc(N2CC3(C2)SCc2sc(N)c(C#N)c23)c1C#N. The first-order chi connectivity index (χ1) is 20.8. The minimum absolute atomic E-state index is 0.134. The lowest BCUT2D eigenvalue weighted by atomic mass is 9.88. The highest BCUT2D eigenvalue weighted by Crippen LogP contribution is 2.58. The molecule has 0 radical (unpaired) electrons. The largest absolute Gasteiger partial charge is 0.508 e. The molecule has 13 heteroatoms. The third-order valence-corrected chi connectivity index (χ3v) is 11.9. The van der Waals surface area contributed by atoms with Gasteiger partial charge in [0.2, 0.25) is 0 Å².